The Balaban J connectivity index is 1.76. The zero-order valence-electron chi connectivity index (χ0n) is 16.5. The fourth-order valence-corrected chi connectivity index (χ4v) is 3.53. The number of amides is 1. The maximum absolute atomic E-state index is 14.0. The number of benzene rings is 1. The van der Waals surface area contributed by atoms with E-state index >= 15 is 0 Å². The number of hydrogen-bond donors (Lipinski definition) is 3. The van der Waals surface area contributed by atoms with E-state index in [9.17, 15) is 18.7 Å². The number of anilines is 1. The lowest BCUT2D eigenvalue weighted by Crippen LogP contribution is -2.39. The first-order chi connectivity index (χ1) is 13.5. The third-order valence-electron chi connectivity index (χ3n) is 4.86. The van der Waals surface area contributed by atoms with Crippen molar-refractivity contribution in [2.75, 3.05) is 5.32 Å². The van der Waals surface area contributed by atoms with Crippen LogP contribution in [0.2, 0.25) is 5.02 Å². The standard InChI is InChI=1S/C21H24ClF2N3O2/c1-12(2)25-18-9-13(22)8-17(26-18)21(6-7-21)27-19(28)11-20(3,29)15-5-4-14(23)10-16(15)24/h4-5,8-10,12,29H,6-7,11H2,1-3H3,(H,25,26)(H,27,28)/t20-/m1/s1. The number of aromatic nitrogens is 1. The molecule has 1 atom stereocenters. The van der Waals surface area contributed by atoms with Crippen LogP contribution in [-0.4, -0.2) is 22.0 Å². The van der Waals surface area contributed by atoms with Gasteiger partial charge in [0.15, 0.2) is 0 Å². The molecule has 29 heavy (non-hydrogen) atoms. The molecule has 0 bridgehead atoms. The number of pyridine rings is 1. The number of carbonyl (C=O) groups is 1. The molecule has 8 heteroatoms. The van der Waals surface area contributed by atoms with Crippen LogP contribution in [-0.2, 0) is 15.9 Å². The average molecular weight is 424 g/mol. The largest absolute Gasteiger partial charge is 0.385 e. The first-order valence-electron chi connectivity index (χ1n) is 9.44. The lowest BCUT2D eigenvalue weighted by Gasteiger charge is -2.26. The highest BCUT2D eigenvalue weighted by Gasteiger charge is 2.48. The van der Waals surface area contributed by atoms with Crippen molar-refractivity contribution in [3.05, 3.63) is 58.2 Å². The first kappa shape index (κ1) is 21.5. The topological polar surface area (TPSA) is 74.2 Å². The van der Waals surface area contributed by atoms with Crippen molar-refractivity contribution in [3.63, 3.8) is 0 Å². The average Bonchev–Trinajstić information content (AvgIpc) is 3.33. The van der Waals surface area contributed by atoms with E-state index in [1.165, 1.54) is 6.92 Å². The molecule has 0 unspecified atom stereocenters. The van der Waals surface area contributed by atoms with Gasteiger partial charge in [0.2, 0.25) is 5.91 Å². The van der Waals surface area contributed by atoms with E-state index in [1.807, 2.05) is 13.8 Å². The number of aliphatic hydroxyl groups is 1. The highest BCUT2D eigenvalue weighted by atomic mass is 35.5. The van der Waals surface area contributed by atoms with Crippen LogP contribution >= 0.6 is 11.6 Å². The Kier molecular flexibility index (Phi) is 5.83. The van der Waals surface area contributed by atoms with Crippen molar-refractivity contribution >= 4 is 23.3 Å². The fraction of sp³-hybridized carbons (Fsp3) is 0.429. The Morgan fingerprint density at radius 3 is 2.59 bits per heavy atom. The highest BCUT2D eigenvalue weighted by Crippen LogP contribution is 2.46. The van der Waals surface area contributed by atoms with Crippen LogP contribution < -0.4 is 10.6 Å². The Hall–Kier alpha value is -2.25. The molecule has 0 radical (unpaired) electrons. The summed E-state index contributed by atoms with van der Waals surface area (Å²) in [5.41, 5.74) is -1.95. The van der Waals surface area contributed by atoms with Crippen molar-refractivity contribution in [2.45, 2.75) is 57.2 Å². The van der Waals surface area contributed by atoms with Crippen LogP contribution in [0, 0.1) is 11.6 Å². The summed E-state index contributed by atoms with van der Waals surface area (Å²) in [4.78, 5) is 17.2. The Labute approximate surface area is 173 Å². The third-order valence-corrected chi connectivity index (χ3v) is 5.08. The molecule has 2 aromatic rings. The third kappa shape index (κ3) is 5.03. The molecule has 1 aromatic carbocycles. The van der Waals surface area contributed by atoms with E-state index in [1.54, 1.807) is 12.1 Å². The van der Waals surface area contributed by atoms with Gasteiger partial charge in [0.1, 0.15) is 17.5 Å². The number of nitrogens with one attached hydrogen (secondary N) is 2. The van der Waals surface area contributed by atoms with E-state index in [0.717, 1.165) is 12.1 Å². The van der Waals surface area contributed by atoms with Gasteiger partial charge in [-0.1, -0.05) is 17.7 Å². The molecule has 3 rings (SSSR count). The second-order valence-corrected chi connectivity index (χ2v) is 8.50. The van der Waals surface area contributed by atoms with Crippen LogP contribution in [0.4, 0.5) is 14.6 Å². The van der Waals surface area contributed by atoms with Gasteiger partial charge in [0, 0.05) is 22.7 Å². The first-order valence-corrected chi connectivity index (χ1v) is 9.82. The normalized spacial score (nSPS) is 17.0. The van der Waals surface area contributed by atoms with Gasteiger partial charge in [-0.15, -0.1) is 0 Å². The van der Waals surface area contributed by atoms with Crippen LogP contribution in [0.3, 0.4) is 0 Å². The fourth-order valence-electron chi connectivity index (χ4n) is 3.33. The summed E-state index contributed by atoms with van der Waals surface area (Å²) in [6.45, 7) is 5.28. The van der Waals surface area contributed by atoms with Crippen LogP contribution in [0.25, 0.3) is 0 Å². The Morgan fingerprint density at radius 2 is 2.00 bits per heavy atom. The molecule has 1 aromatic heterocycles. The molecule has 0 aliphatic heterocycles. The molecule has 0 spiro atoms. The summed E-state index contributed by atoms with van der Waals surface area (Å²) in [6.07, 6.45) is 0.982. The van der Waals surface area contributed by atoms with Crippen LogP contribution in [0.1, 0.15) is 51.3 Å². The molecule has 3 N–H and O–H groups in total. The summed E-state index contributed by atoms with van der Waals surface area (Å²) in [7, 11) is 0. The minimum atomic E-state index is -1.79. The maximum Gasteiger partial charge on any atom is 0.223 e. The van der Waals surface area contributed by atoms with Gasteiger partial charge >= 0.3 is 0 Å². The molecular weight excluding hydrogens is 400 g/mol. The summed E-state index contributed by atoms with van der Waals surface area (Å²) in [6, 6.07) is 6.46. The molecular formula is C21H24ClF2N3O2. The highest BCUT2D eigenvalue weighted by molar-refractivity contribution is 6.30. The molecule has 1 aliphatic rings. The lowest BCUT2D eigenvalue weighted by molar-refractivity contribution is -0.127. The van der Waals surface area contributed by atoms with E-state index in [4.69, 9.17) is 11.6 Å². The zero-order valence-corrected chi connectivity index (χ0v) is 17.3. The molecule has 1 amide bonds. The van der Waals surface area contributed by atoms with E-state index < -0.39 is 28.7 Å². The van der Waals surface area contributed by atoms with Crippen LogP contribution in [0.5, 0.6) is 0 Å². The lowest BCUT2D eigenvalue weighted by atomic mass is 9.91. The molecule has 156 valence electrons. The molecule has 5 nitrogen and oxygen atoms in total. The number of nitrogens with zero attached hydrogens (tertiary/aromatic N) is 1. The SMILES string of the molecule is CC(C)Nc1cc(Cl)cc(C2(NC(=O)C[C@@](C)(O)c3ccc(F)cc3F)CC2)n1. The van der Waals surface area contributed by atoms with E-state index in [0.29, 0.717) is 35.4 Å². The maximum atomic E-state index is 14.0. The predicted octanol–water partition coefficient (Wildman–Crippen LogP) is 4.24. The second-order valence-electron chi connectivity index (χ2n) is 8.06. The summed E-state index contributed by atoms with van der Waals surface area (Å²) >= 11 is 6.22. The summed E-state index contributed by atoms with van der Waals surface area (Å²) in [5, 5.41) is 17.2. The zero-order chi connectivity index (χ0) is 21.4. The van der Waals surface area contributed by atoms with Gasteiger partial charge < -0.3 is 15.7 Å². The molecule has 1 saturated carbocycles. The monoisotopic (exact) mass is 423 g/mol. The van der Waals surface area contributed by atoms with Crippen molar-refractivity contribution in [2.24, 2.45) is 0 Å². The number of carbonyl (C=O) groups excluding carboxylic acids is 1. The minimum absolute atomic E-state index is 0.136. The van der Waals surface area contributed by atoms with Gasteiger partial charge in [-0.3, -0.25) is 4.79 Å². The van der Waals surface area contributed by atoms with Crippen molar-refractivity contribution < 1.29 is 18.7 Å². The minimum Gasteiger partial charge on any atom is -0.385 e. The smallest absolute Gasteiger partial charge is 0.223 e. The summed E-state index contributed by atoms with van der Waals surface area (Å²) in [5.74, 6) is -1.49. The van der Waals surface area contributed by atoms with Gasteiger partial charge in [-0.05, 0) is 51.8 Å². The van der Waals surface area contributed by atoms with Gasteiger partial charge in [-0.2, -0.15) is 0 Å². The second kappa shape index (κ2) is 7.88. The van der Waals surface area contributed by atoms with Crippen LogP contribution in [0.15, 0.2) is 30.3 Å². The quantitative estimate of drug-likeness (QED) is 0.622. The number of halogens is 3. The van der Waals surface area contributed by atoms with E-state index in [2.05, 4.69) is 15.6 Å². The molecule has 1 fully saturated rings. The van der Waals surface area contributed by atoms with Gasteiger partial charge in [0.05, 0.1) is 23.3 Å². The summed E-state index contributed by atoms with van der Waals surface area (Å²) < 4.78 is 27.2. The molecule has 1 aliphatic carbocycles. The Morgan fingerprint density at radius 1 is 1.31 bits per heavy atom. The van der Waals surface area contributed by atoms with Gasteiger partial charge in [-0.25, -0.2) is 13.8 Å². The van der Waals surface area contributed by atoms with Crippen molar-refractivity contribution in [3.8, 4) is 0 Å². The number of hydrogen-bond acceptors (Lipinski definition) is 4. The Bertz CT molecular complexity index is 930. The predicted molar refractivity (Wildman–Crippen MR) is 108 cm³/mol. The van der Waals surface area contributed by atoms with Crippen molar-refractivity contribution in [1.29, 1.82) is 0 Å². The molecule has 1 heterocycles. The van der Waals surface area contributed by atoms with Crippen molar-refractivity contribution in [1.82, 2.24) is 10.3 Å². The van der Waals surface area contributed by atoms with E-state index in [-0.39, 0.29) is 18.0 Å². The van der Waals surface area contributed by atoms with Gasteiger partial charge in [0.25, 0.3) is 0 Å². The molecule has 0 saturated heterocycles. The number of rotatable bonds is 7.